The van der Waals surface area contributed by atoms with E-state index in [1.165, 1.54) is 12.0 Å². The summed E-state index contributed by atoms with van der Waals surface area (Å²) in [6, 6.07) is 10.4. The van der Waals surface area contributed by atoms with E-state index in [0.717, 1.165) is 41.7 Å². The molecule has 0 bridgehead atoms. The molecule has 0 radical (unpaired) electrons. The summed E-state index contributed by atoms with van der Waals surface area (Å²) in [5.41, 5.74) is 5.26. The zero-order valence-electron chi connectivity index (χ0n) is 16.6. The highest BCUT2D eigenvalue weighted by molar-refractivity contribution is 5.62. The maximum atomic E-state index is 4.88. The Balaban J connectivity index is 1.65. The second kappa shape index (κ2) is 7.14. The highest BCUT2D eigenvalue weighted by Gasteiger charge is 2.24. The smallest absolute Gasteiger partial charge is 0.225 e. The van der Waals surface area contributed by atoms with Crippen LogP contribution in [0.15, 0.2) is 42.7 Å². The average Bonchev–Trinajstić information content (AvgIpc) is 3.03. The van der Waals surface area contributed by atoms with Gasteiger partial charge in [0.1, 0.15) is 0 Å². The molecule has 1 aliphatic rings. The molecule has 5 heteroatoms. The SMILES string of the molecule is Cc1ccc(-n2cc(-c3ccnc(N4CC(C)CC(C)C4)n3)c(C)n2)cc1. The van der Waals surface area contributed by atoms with Crippen LogP contribution in [0.4, 0.5) is 5.95 Å². The third-order valence-corrected chi connectivity index (χ3v) is 5.27. The summed E-state index contributed by atoms with van der Waals surface area (Å²) in [7, 11) is 0. The summed E-state index contributed by atoms with van der Waals surface area (Å²) < 4.78 is 1.93. The molecule has 0 aliphatic carbocycles. The van der Waals surface area contributed by atoms with Crippen molar-refractivity contribution in [1.29, 1.82) is 0 Å². The Hall–Kier alpha value is -2.69. The van der Waals surface area contributed by atoms with Crippen molar-refractivity contribution in [2.45, 2.75) is 34.1 Å². The monoisotopic (exact) mass is 361 g/mol. The van der Waals surface area contributed by atoms with Gasteiger partial charge in [0.25, 0.3) is 0 Å². The van der Waals surface area contributed by atoms with Crippen LogP contribution in [-0.2, 0) is 0 Å². The van der Waals surface area contributed by atoms with Gasteiger partial charge in [-0.15, -0.1) is 0 Å². The number of nitrogens with zero attached hydrogens (tertiary/aromatic N) is 5. The highest BCUT2D eigenvalue weighted by atomic mass is 15.3. The van der Waals surface area contributed by atoms with Crippen molar-refractivity contribution in [3.05, 3.63) is 54.0 Å². The Bertz CT molecular complexity index is 918. The van der Waals surface area contributed by atoms with Crippen molar-refractivity contribution < 1.29 is 0 Å². The minimum atomic E-state index is 0.673. The summed E-state index contributed by atoms with van der Waals surface area (Å²) >= 11 is 0. The molecular weight excluding hydrogens is 334 g/mol. The van der Waals surface area contributed by atoms with Gasteiger partial charge >= 0.3 is 0 Å². The van der Waals surface area contributed by atoms with Crippen LogP contribution in [0.5, 0.6) is 0 Å². The summed E-state index contributed by atoms with van der Waals surface area (Å²) in [4.78, 5) is 11.7. The molecule has 2 aromatic heterocycles. The fourth-order valence-electron chi connectivity index (χ4n) is 4.02. The van der Waals surface area contributed by atoms with Gasteiger partial charge in [-0.3, -0.25) is 0 Å². The van der Waals surface area contributed by atoms with Crippen LogP contribution in [0.1, 0.15) is 31.5 Å². The average molecular weight is 361 g/mol. The first kappa shape index (κ1) is 17.7. The molecule has 1 fully saturated rings. The number of aryl methyl sites for hydroxylation is 2. The lowest BCUT2D eigenvalue weighted by atomic mass is 9.92. The molecule has 1 aliphatic heterocycles. The van der Waals surface area contributed by atoms with Crippen LogP contribution in [0.25, 0.3) is 16.9 Å². The van der Waals surface area contributed by atoms with Crippen LogP contribution >= 0.6 is 0 Å². The van der Waals surface area contributed by atoms with Crippen LogP contribution in [0.2, 0.25) is 0 Å². The van der Waals surface area contributed by atoms with Crippen molar-refractivity contribution in [2.24, 2.45) is 11.8 Å². The van der Waals surface area contributed by atoms with E-state index in [0.29, 0.717) is 11.8 Å². The molecule has 2 atom stereocenters. The first-order valence-electron chi connectivity index (χ1n) is 9.71. The van der Waals surface area contributed by atoms with E-state index in [1.54, 1.807) is 0 Å². The second-order valence-corrected chi connectivity index (χ2v) is 8.00. The fourth-order valence-corrected chi connectivity index (χ4v) is 4.02. The topological polar surface area (TPSA) is 46.8 Å². The van der Waals surface area contributed by atoms with Crippen LogP contribution in [0.3, 0.4) is 0 Å². The van der Waals surface area contributed by atoms with Crippen molar-refractivity contribution >= 4 is 5.95 Å². The summed E-state index contributed by atoms with van der Waals surface area (Å²) in [6.45, 7) is 10.8. The van der Waals surface area contributed by atoms with Crippen LogP contribution in [-0.4, -0.2) is 32.8 Å². The minimum absolute atomic E-state index is 0.673. The van der Waals surface area contributed by atoms with E-state index < -0.39 is 0 Å². The summed E-state index contributed by atoms with van der Waals surface area (Å²) in [5.74, 6) is 2.17. The van der Waals surface area contributed by atoms with Gasteiger partial charge in [0.2, 0.25) is 5.95 Å². The van der Waals surface area contributed by atoms with E-state index in [9.17, 15) is 0 Å². The number of piperidine rings is 1. The largest absolute Gasteiger partial charge is 0.340 e. The van der Waals surface area contributed by atoms with E-state index >= 15 is 0 Å². The third-order valence-electron chi connectivity index (χ3n) is 5.27. The standard InChI is InChI=1S/C22H27N5/c1-15-5-7-19(8-6-15)27-14-20(18(4)25-27)21-9-10-23-22(24-21)26-12-16(2)11-17(3)13-26/h5-10,14,16-17H,11-13H2,1-4H3. The highest BCUT2D eigenvalue weighted by Crippen LogP contribution is 2.27. The zero-order chi connectivity index (χ0) is 19.0. The lowest BCUT2D eigenvalue weighted by Gasteiger charge is -2.35. The normalized spacial score (nSPS) is 20.1. The van der Waals surface area contributed by atoms with Crippen LogP contribution in [0, 0.1) is 25.7 Å². The van der Waals surface area contributed by atoms with Gasteiger partial charge in [0, 0.05) is 31.0 Å². The molecule has 3 heterocycles. The molecule has 5 nitrogen and oxygen atoms in total. The van der Waals surface area contributed by atoms with Gasteiger partial charge in [-0.25, -0.2) is 14.6 Å². The van der Waals surface area contributed by atoms with Gasteiger partial charge in [0.15, 0.2) is 0 Å². The van der Waals surface area contributed by atoms with Crippen molar-refractivity contribution in [1.82, 2.24) is 19.7 Å². The number of hydrogen-bond acceptors (Lipinski definition) is 4. The molecule has 140 valence electrons. The maximum absolute atomic E-state index is 4.88. The maximum Gasteiger partial charge on any atom is 0.225 e. The second-order valence-electron chi connectivity index (χ2n) is 8.00. The van der Waals surface area contributed by atoms with E-state index in [1.807, 2.05) is 23.9 Å². The number of aromatic nitrogens is 4. The van der Waals surface area contributed by atoms with Crippen molar-refractivity contribution in [3.8, 4) is 16.9 Å². The molecule has 4 rings (SSSR count). The lowest BCUT2D eigenvalue weighted by Crippen LogP contribution is -2.39. The predicted octanol–water partition coefficient (Wildman–Crippen LogP) is 4.43. The Kier molecular flexibility index (Phi) is 4.68. The Labute approximate surface area is 161 Å². The molecule has 1 aromatic carbocycles. The molecule has 0 saturated carbocycles. The first-order chi connectivity index (χ1) is 13.0. The molecule has 0 spiro atoms. The Morgan fingerprint density at radius 1 is 0.963 bits per heavy atom. The molecule has 2 unspecified atom stereocenters. The quantitative estimate of drug-likeness (QED) is 0.692. The summed E-state index contributed by atoms with van der Waals surface area (Å²) in [6.07, 6.45) is 5.20. The molecule has 0 amide bonds. The molecule has 3 aromatic rings. The number of benzene rings is 1. The Morgan fingerprint density at radius 2 is 1.67 bits per heavy atom. The van der Waals surface area contributed by atoms with Gasteiger partial charge < -0.3 is 4.90 Å². The predicted molar refractivity (Wildman–Crippen MR) is 109 cm³/mol. The lowest BCUT2D eigenvalue weighted by molar-refractivity contribution is 0.353. The van der Waals surface area contributed by atoms with Crippen molar-refractivity contribution in [2.75, 3.05) is 18.0 Å². The third kappa shape index (κ3) is 3.72. The van der Waals surface area contributed by atoms with Gasteiger partial charge in [0.05, 0.1) is 17.1 Å². The number of anilines is 1. The summed E-state index contributed by atoms with van der Waals surface area (Å²) in [5, 5.41) is 4.70. The Morgan fingerprint density at radius 3 is 2.37 bits per heavy atom. The van der Waals surface area contributed by atoms with Gasteiger partial charge in [-0.05, 0) is 50.3 Å². The van der Waals surface area contributed by atoms with E-state index in [-0.39, 0.29) is 0 Å². The fraction of sp³-hybridized carbons (Fsp3) is 0.409. The molecule has 27 heavy (non-hydrogen) atoms. The number of rotatable bonds is 3. The molecule has 1 saturated heterocycles. The van der Waals surface area contributed by atoms with Gasteiger partial charge in [-0.2, -0.15) is 5.10 Å². The van der Waals surface area contributed by atoms with E-state index in [2.05, 4.69) is 61.1 Å². The van der Waals surface area contributed by atoms with Gasteiger partial charge in [-0.1, -0.05) is 31.5 Å². The van der Waals surface area contributed by atoms with Crippen molar-refractivity contribution in [3.63, 3.8) is 0 Å². The zero-order valence-corrected chi connectivity index (χ0v) is 16.6. The van der Waals surface area contributed by atoms with E-state index in [4.69, 9.17) is 10.1 Å². The minimum Gasteiger partial charge on any atom is -0.340 e. The first-order valence-corrected chi connectivity index (χ1v) is 9.71. The van der Waals surface area contributed by atoms with Crippen LogP contribution < -0.4 is 4.90 Å². The molecule has 0 N–H and O–H groups in total. The molecular formula is C22H27N5. The number of hydrogen-bond donors (Lipinski definition) is 0.